The maximum absolute atomic E-state index is 13.6. The second kappa shape index (κ2) is 8.95. The quantitative estimate of drug-likeness (QED) is 0.342. The van der Waals surface area contributed by atoms with Crippen molar-refractivity contribution in [3.8, 4) is 0 Å². The highest BCUT2D eigenvalue weighted by Crippen LogP contribution is 2.23. The highest BCUT2D eigenvalue weighted by Gasteiger charge is 2.16. The third-order valence-corrected chi connectivity index (χ3v) is 4.13. The van der Waals surface area contributed by atoms with Gasteiger partial charge in [-0.25, -0.2) is 9.18 Å². The SMILES string of the molecule is CCSc1ccccc1C(=O)OCC(=O)Nc1cc([N+](=O)[O-])ccc1F. The van der Waals surface area contributed by atoms with E-state index in [1.165, 1.54) is 11.8 Å². The summed E-state index contributed by atoms with van der Waals surface area (Å²) in [6, 6.07) is 9.55. The van der Waals surface area contributed by atoms with Gasteiger partial charge in [0.2, 0.25) is 0 Å². The zero-order chi connectivity index (χ0) is 19.1. The molecular weight excluding hydrogens is 363 g/mol. The smallest absolute Gasteiger partial charge is 0.339 e. The second-order valence-electron chi connectivity index (χ2n) is 4.97. The predicted octanol–water partition coefficient (Wildman–Crippen LogP) is 3.64. The maximum atomic E-state index is 13.6. The Morgan fingerprint density at radius 3 is 2.69 bits per heavy atom. The molecule has 0 aliphatic rings. The number of hydrogen-bond donors (Lipinski definition) is 1. The van der Waals surface area contributed by atoms with E-state index >= 15 is 0 Å². The van der Waals surface area contributed by atoms with Crippen LogP contribution in [0.25, 0.3) is 0 Å². The summed E-state index contributed by atoms with van der Waals surface area (Å²) in [6.07, 6.45) is 0. The lowest BCUT2D eigenvalue weighted by molar-refractivity contribution is -0.384. The molecule has 1 amide bonds. The van der Waals surface area contributed by atoms with Crippen LogP contribution < -0.4 is 5.32 Å². The summed E-state index contributed by atoms with van der Waals surface area (Å²) in [7, 11) is 0. The van der Waals surface area contributed by atoms with E-state index in [1.54, 1.807) is 24.3 Å². The van der Waals surface area contributed by atoms with Crippen molar-refractivity contribution in [2.24, 2.45) is 0 Å². The Balaban J connectivity index is 2.00. The number of carbonyl (C=O) groups is 2. The average Bonchev–Trinajstić information content (AvgIpc) is 2.62. The van der Waals surface area contributed by atoms with Crippen LogP contribution in [-0.2, 0) is 9.53 Å². The Bertz CT molecular complexity index is 844. The van der Waals surface area contributed by atoms with E-state index in [4.69, 9.17) is 4.74 Å². The minimum atomic E-state index is -0.833. The molecule has 2 aromatic carbocycles. The number of nitro groups is 1. The number of non-ortho nitro benzene ring substituents is 1. The average molecular weight is 378 g/mol. The highest BCUT2D eigenvalue weighted by molar-refractivity contribution is 7.99. The number of nitro benzene ring substituents is 1. The van der Waals surface area contributed by atoms with Gasteiger partial charge in [0.25, 0.3) is 11.6 Å². The minimum Gasteiger partial charge on any atom is -0.452 e. The summed E-state index contributed by atoms with van der Waals surface area (Å²) < 4.78 is 18.6. The Labute approximate surface area is 152 Å². The van der Waals surface area contributed by atoms with E-state index in [0.717, 1.165) is 28.8 Å². The minimum absolute atomic E-state index is 0.327. The maximum Gasteiger partial charge on any atom is 0.339 e. The first-order chi connectivity index (χ1) is 12.4. The van der Waals surface area contributed by atoms with Gasteiger partial charge in [0, 0.05) is 17.0 Å². The molecule has 0 atom stereocenters. The van der Waals surface area contributed by atoms with Crippen LogP contribution in [0.4, 0.5) is 15.8 Å². The molecule has 0 spiro atoms. The van der Waals surface area contributed by atoms with Crippen molar-refractivity contribution in [2.45, 2.75) is 11.8 Å². The largest absolute Gasteiger partial charge is 0.452 e. The molecule has 0 heterocycles. The van der Waals surface area contributed by atoms with Crippen LogP contribution in [0.3, 0.4) is 0 Å². The molecule has 0 aliphatic carbocycles. The van der Waals surface area contributed by atoms with E-state index in [1.807, 2.05) is 6.92 Å². The third-order valence-electron chi connectivity index (χ3n) is 3.18. The fourth-order valence-electron chi connectivity index (χ4n) is 2.03. The summed E-state index contributed by atoms with van der Waals surface area (Å²) in [4.78, 5) is 34.7. The van der Waals surface area contributed by atoms with Crippen molar-refractivity contribution in [1.29, 1.82) is 0 Å². The Morgan fingerprint density at radius 1 is 1.27 bits per heavy atom. The molecule has 0 fully saturated rings. The number of esters is 1. The van der Waals surface area contributed by atoms with Crippen LogP contribution in [0.2, 0.25) is 0 Å². The highest BCUT2D eigenvalue weighted by atomic mass is 32.2. The molecule has 9 heteroatoms. The predicted molar refractivity (Wildman–Crippen MR) is 94.8 cm³/mol. The summed E-state index contributed by atoms with van der Waals surface area (Å²) in [6.45, 7) is 1.29. The normalized spacial score (nSPS) is 10.2. The Hall–Kier alpha value is -2.94. The first-order valence-corrected chi connectivity index (χ1v) is 8.53. The summed E-state index contributed by atoms with van der Waals surface area (Å²) >= 11 is 1.46. The van der Waals surface area contributed by atoms with Crippen LogP contribution in [0.5, 0.6) is 0 Å². The van der Waals surface area contributed by atoms with Gasteiger partial charge < -0.3 is 10.1 Å². The molecule has 0 saturated heterocycles. The van der Waals surface area contributed by atoms with E-state index < -0.39 is 29.2 Å². The van der Waals surface area contributed by atoms with E-state index in [0.29, 0.717) is 5.56 Å². The number of thioether (sulfide) groups is 1. The van der Waals surface area contributed by atoms with Crippen molar-refractivity contribution in [3.05, 3.63) is 64.0 Å². The van der Waals surface area contributed by atoms with E-state index in [9.17, 15) is 24.1 Å². The van der Waals surface area contributed by atoms with Gasteiger partial charge in [-0.3, -0.25) is 14.9 Å². The van der Waals surface area contributed by atoms with Crippen LogP contribution in [0.1, 0.15) is 17.3 Å². The fraction of sp³-hybridized carbons (Fsp3) is 0.176. The van der Waals surface area contributed by atoms with Gasteiger partial charge in [0.15, 0.2) is 6.61 Å². The molecule has 26 heavy (non-hydrogen) atoms. The Morgan fingerprint density at radius 2 is 2.00 bits per heavy atom. The summed E-state index contributed by atoms with van der Waals surface area (Å²) in [5, 5.41) is 12.9. The monoisotopic (exact) mass is 378 g/mol. The van der Waals surface area contributed by atoms with Crippen molar-refractivity contribution < 1.29 is 23.6 Å². The lowest BCUT2D eigenvalue weighted by atomic mass is 10.2. The number of nitrogens with zero attached hydrogens (tertiary/aromatic N) is 1. The number of hydrogen-bond acceptors (Lipinski definition) is 6. The van der Waals surface area contributed by atoms with Gasteiger partial charge in [-0.15, -0.1) is 11.8 Å². The van der Waals surface area contributed by atoms with Crippen molar-refractivity contribution >= 4 is 35.0 Å². The first kappa shape index (κ1) is 19.4. The van der Waals surface area contributed by atoms with Crippen LogP contribution in [0, 0.1) is 15.9 Å². The molecule has 1 N–H and O–H groups in total. The van der Waals surface area contributed by atoms with Gasteiger partial charge >= 0.3 is 5.97 Å². The molecule has 0 unspecified atom stereocenters. The number of ether oxygens (including phenoxy) is 1. The molecule has 0 bridgehead atoms. The number of rotatable bonds is 7. The van der Waals surface area contributed by atoms with Crippen molar-refractivity contribution in [3.63, 3.8) is 0 Å². The topological polar surface area (TPSA) is 98.5 Å². The van der Waals surface area contributed by atoms with Crippen LogP contribution >= 0.6 is 11.8 Å². The second-order valence-corrected chi connectivity index (χ2v) is 6.28. The zero-order valence-corrected chi connectivity index (χ0v) is 14.5. The van der Waals surface area contributed by atoms with Crippen LogP contribution in [-0.4, -0.2) is 29.2 Å². The van der Waals surface area contributed by atoms with Crippen molar-refractivity contribution in [2.75, 3.05) is 17.7 Å². The number of anilines is 1. The van der Waals surface area contributed by atoms with Crippen molar-refractivity contribution in [1.82, 2.24) is 0 Å². The molecule has 0 aliphatic heterocycles. The molecule has 0 saturated carbocycles. The molecular formula is C17H15FN2O5S. The van der Waals surface area contributed by atoms with E-state index in [-0.39, 0.29) is 11.4 Å². The lowest BCUT2D eigenvalue weighted by Crippen LogP contribution is -2.21. The van der Waals surface area contributed by atoms with Gasteiger partial charge in [-0.1, -0.05) is 19.1 Å². The van der Waals surface area contributed by atoms with Gasteiger partial charge in [0.1, 0.15) is 5.82 Å². The van der Waals surface area contributed by atoms with Gasteiger partial charge in [-0.05, 0) is 24.0 Å². The fourth-order valence-corrected chi connectivity index (χ4v) is 2.83. The molecule has 0 radical (unpaired) electrons. The number of benzene rings is 2. The summed E-state index contributed by atoms with van der Waals surface area (Å²) in [5.74, 6) is -1.56. The van der Waals surface area contributed by atoms with Gasteiger partial charge in [-0.2, -0.15) is 0 Å². The zero-order valence-electron chi connectivity index (χ0n) is 13.7. The van der Waals surface area contributed by atoms with Crippen LogP contribution in [0.15, 0.2) is 47.4 Å². The first-order valence-electron chi connectivity index (χ1n) is 7.55. The molecule has 2 aromatic rings. The molecule has 2 rings (SSSR count). The third kappa shape index (κ3) is 5.03. The number of amides is 1. The molecule has 7 nitrogen and oxygen atoms in total. The molecule has 0 aromatic heterocycles. The lowest BCUT2D eigenvalue weighted by Gasteiger charge is -2.09. The Kier molecular flexibility index (Phi) is 6.67. The van der Waals surface area contributed by atoms with E-state index in [2.05, 4.69) is 5.32 Å². The standard InChI is InChI=1S/C17H15FN2O5S/c1-2-26-15-6-4-3-5-12(15)17(22)25-10-16(21)19-14-9-11(20(23)24)7-8-13(14)18/h3-9H,2,10H2,1H3,(H,19,21). The number of halogens is 1. The van der Waals surface area contributed by atoms with Gasteiger partial charge in [0.05, 0.1) is 16.2 Å². The molecule has 136 valence electrons. The number of nitrogens with one attached hydrogen (secondary N) is 1. The summed E-state index contributed by atoms with van der Waals surface area (Å²) in [5.41, 5.74) is -0.403. The number of carbonyl (C=O) groups excluding carboxylic acids is 2.